The quantitative estimate of drug-likeness (QED) is 0.848. The van der Waals surface area contributed by atoms with E-state index in [1.54, 1.807) is 4.90 Å². The number of hydrogen-bond acceptors (Lipinski definition) is 2. The van der Waals surface area contributed by atoms with Gasteiger partial charge in [-0.3, -0.25) is 4.79 Å². The first-order valence-corrected chi connectivity index (χ1v) is 7.27. The zero-order valence-corrected chi connectivity index (χ0v) is 12.5. The highest BCUT2D eigenvalue weighted by Crippen LogP contribution is 2.19. The molecule has 1 aliphatic heterocycles. The van der Waals surface area contributed by atoms with Gasteiger partial charge in [0.1, 0.15) is 5.82 Å². The molecule has 1 unspecified atom stereocenters. The van der Waals surface area contributed by atoms with Gasteiger partial charge in [0, 0.05) is 25.3 Å². The maximum absolute atomic E-state index is 13.2. The summed E-state index contributed by atoms with van der Waals surface area (Å²) in [6.45, 7) is 3.93. The van der Waals surface area contributed by atoms with Gasteiger partial charge in [-0.15, -0.1) is 0 Å². The standard InChI is InChI=1S/C14H17BrFNO2/c1-2-17(9-11-4-3-7-19-11)14(18)10-5-6-13(16)12(15)8-10/h5-6,8,11H,2-4,7,9H2,1H3. The SMILES string of the molecule is CCN(CC1CCCO1)C(=O)c1ccc(F)c(Br)c1. The van der Waals surface area contributed by atoms with E-state index in [2.05, 4.69) is 15.9 Å². The van der Waals surface area contributed by atoms with Crippen LogP contribution in [-0.2, 0) is 4.74 Å². The topological polar surface area (TPSA) is 29.5 Å². The fraction of sp³-hybridized carbons (Fsp3) is 0.500. The molecule has 19 heavy (non-hydrogen) atoms. The molecule has 1 saturated heterocycles. The Morgan fingerprint density at radius 3 is 2.95 bits per heavy atom. The summed E-state index contributed by atoms with van der Waals surface area (Å²) in [5, 5.41) is 0. The zero-order valence-electron chi connectivity index (χ0n) is 10.9. The summed E-state index contributed by atoms with van der Waals surface area (Å²) in [4.78, 5) is 14.1. The number of carbonyl (C=O) groups is 1. The third-order valence-corrected chi connectivity index (χ3v) is 3.89. The second-order valence-electron chi connectivity index (χ2n) is 4.61. The molecule has 0 aromatic heterocycles. The van der Waals surface area contributed by atoms with Gasteiger partial charge in [0.25, 0.3) is 5.91 Å². The molecule has 2 rings (SSSR count). The van der Waals surface area contributed by atoms with E-state index >= 15 is 0 Å². The van der Waals surface area contributed by atoms with Gasteiger partial charge in [0.05, 0.1) is 10.6 Å². The lowest BCUT2D eigenvalue weighted by molar-refractivity contribution is 0.0539. The molecular formula is C14H17BrFNO2. The largest absolute Gasteiger partial charge is 0.376 e. The number of carbonyl (C=O) groups excluding carboxylic acids is 1. The van der Waals surface area contributed by atoms with E-state index in [-0.39, 0.29) is 17.8 Å². The van der Waals surface area contributed by atoms with Crippen molar-refractivity contribution in [3.63, 3.8) is 0 Å². The molecule has 1 heterocycles. The van der Waals surface area contributed by atoms with Crippen molar-refractivity contribution in [2.75, 3.05) is 19.7 Å². The molecular weight excluding hydrogens is 313 g/mol. The Kier molecular flexibility index (Phi) is 4.93. The first kappa shape index (κ1) is 14.5. The number of nitrogens with zero attached hydrogens (tertiary/aromatic N) is 1. The Hall–Kier alpha value is -0.940. The molecule has 1 aliphatic rings. The van der Waals surface area contributed by atoms with Crippen LogP contribution in [0.3, 0.4) is 0 Å². The van der Waals surface area contributed by atoms with Crippen molar-refractivity contribution >= 4 is 21.8 Å². The van der Waals surface area contributed by atoms with Crippen LogP contribution in [0.4, 0.5) is 4.39 Å². The molecule has 3 nitrogen and oxygen atoms in total. The van der Waals surface area contributed by atoms with Crippen molar-refractivity contribution in [2.45, 2.75) is 25.9 Å². The second kappa shape index (κ2) is 6.48. The molecule has 0 spiro atoms. The van der Waals surface area contributed by atoms with Gasteiger partial charge >= 0.3 is 0 Å². The molecule has 1 aromatic carbocycles. The third kappa shape index (κ3) is 3.54. The average molecular weight is 330 g/mol. The van der Waals surface area contributed by atoms with Crippen LogP contribution in [0, 0.1) is 5.82 Å². The smallest absolute Gasteiger partial charge is 0.253 e. The number of halogens is 2. The minimum Gasteiger partial charge on any atom is -0.376 e. The maximum Gasteiger partial charge on any atom is 0.253 e. The van der Waals surface area contributed by atoms with E-state index in [1.807, 2.05) is 6.92 Å². The van der Waals surface area contributed by atoms with Crippen LogP contribution in [0.2, 0.25) is 0 Å². The van der Waals surface area contributed by atoms with Crippen LogP contribution in [0.15, 0.2) is 22.7 Å². The lowest BCUT2D eigenvalue weighted by Crippen LogP contribution is -2.37. The van der Waals surface area contributed by atoms with Crippen LogP contribution in [0.5, 0.6) is 0 Å². The van der Waals surface area contributed by atoms with E-state index in [0.29, 0.717) is 23.1 Å². The van der Waals surface area contributed by atoms with Gasteiger partial charge in [-0.1, -0.05) is 0 Å². The fourth-order valence-electron chi connectivity index (χ4n) is 2.20. The van der Waals surface area contributed by atoms with Crippen molar-refractivity contribution < 1.29 is 13.9 Å². The summed E-state index contributed by atoms with van der Waals surface area (Å²) in [5.74, 6) is -0.447. The number of likely N-dealkylation sites (N-methyl/N-ethyl adjacent to an activating group) is 1. The van der Waals surface area contributed by atoms with Crippen molar-refractivity contribution in [1.82, 2.24) is 4.90 Å². The van der Waals surface area contributed by atoms with Crippen LogP contribution >= 0.6 is 15.9 Å². The minimum atomic E-state index is -0.362. The highest BCUT2D eigenvalue weighted by atomic mass is 79.9. The monoisotopic (exact) mass is 329 g/mol. The van der Waals surface area contributed by atoms with Crippen LogP contribution in [-0.4, -0.2) is 36.6 Å². The van der Waals surface area contributed by atoms with Gasteiger partial charge in [-0.2, -0.15) is 0 Å². The summed E-state index contributed by atoms with van der Waals surface area (Å²) in [6, 6.07) is 4.34. The van der Waals surface area contributed by atoms with Gasteiger partial charge < -0.3 is 9.64 Å². The third-order valence-electron chi connectivity index (χ3n) is 3.28. The van der Waals surface area contributed by atoms with E-state index in [9.17, 15) is 9.18 Å². The van der Waals surface area contributed by atoms with Crippen LogP contribution in [0.25, 0.3) is 0 Å². The molecule has 1 fully saturated rings. The second-order valence-corrected chi connectivity index (χ2v) is 5.46. The molecule has 1 amide bonds. The Morgan fingerprint density at radius 1 is 1.58 bits per heavy atom. The summed E-state index contributed by atoms with van der Waals surface area (Å²) in [5.41, 5.74) is 0.494. The molecule has 1 atom stereocenters. The van der Waals surface area contributed by atoms with E-state index in [4.69, 9.17) is 4.74 Å². The zero-order chi connectivity index (χ0) is 13.8. The molecule has 5 heteroatoms. The van der Waals surface area contributed by atoms with Gasteiger partial charge in [0.2, 0.25) is 0 Å². The van der Waals surface area contributed by atoms with Crippen molar-refractivity contribution in [3.05, 3.63) is 34.1 Å². The van der Waals surface area contributed by atoms with Gasteiger partial charge in [-0.05, 0) is 53.9 Å². The molecule has 1 aromatic rings. The molecule has 0 aliphatic carbocycles. The summed E-state index contributed by atoms with van der Waals surface area (Å²) >= 11 is 3.10. The highest BCUT2D eigenvalue weighted by molar-refractivity contribution is 9.10. The summed E-state index contributed by atoms with van der Waals surface area (Å²) in [7, 11) is 0. The molecule has 0 saturated carbocycles. The van der Waals surface area contributed by atoms with Gasteiger partial charge in [0.15, 0.2) is 0 Å². The van der Waals surface area contributed by atoms with E-state index in [1.165, 1.54) is 18.2 Å². The normalized spacial score (nSPS) is 18.6. The number of ether oxygens (including phenoxy) is 1. The fourth-order valence-corrected chi connectivity index (χ4v) is 2.58. The number of amides is 1. The first-order valence-electron chi connectivity index (χ1n) is 6.47. The predicted octanol–water partition coefficient (Wildman–Crippen LogP) is 3.23. The molecule has 0 N–H and O–H groups in total. The Morgan fingerprint density at radius 2 is 2.37 bits per heavy atom. The Balaban J connectivity index is 2.08. The van der Waals surface area contributed by atoms with E-state index < -0.39 is 0 Å². The number of hydrogen-bond donors (Lipinski definition) is 0. The minimum absolute atomic E-state index is 0.0845. The molecule has 104 valence electrons. The predicted molar refractivity (Wildman–Crippen MR) is 74.7 cm³/mol. The lowest BCUT2D eigenvalue weighted by Gasteiger charge is -2.24. The first-order chi connectivity index (χ1) is 9.11. The summed E-state index contributed by atoms with van der Waals surface area (Å²) < 4.78 is 19.0. The molecule has 0 radical (unpaired) electrons. The van der Waals surface area contributed by atoms with Crippen molar-refractivity contribution in [2.24, 2.45) is 0 Å². The van der Waals surface area contributed by atoms with Gasteiger partial charge in [-0.25, -0.2) is 4.39 Å². The van der Waals surface area contributed by atoms with Crippen LogP contribution in [0.1, 0.15) is 30.1 Å². The van der Waals surface area contributed by atoms with Crippen molar-refractivity contribution in [3.8, 4) is 0 Å². The number of rotatable bonds is 4. The summed E-state index contributed by atoms with van der Waals surface area (Å²) in [6.07, 6.45) is 2.18. The number of benzene rings is 1. The molecule has 0 bridgehead atoms. The maximum atomic E-state index is 13.2. The Bertz CT molecular complexity index is 461. The lowest BCUT2D eigenvalue weighted by atomic mass is 10.1. The Labute approximate surface area is 120 Å². The van der Waals surface area contributed by atoms with E-state index in [0.717, 1.165) is 19.4 Å². The average Bonchev–Trinajstić information content (AvgIpc) is 2.91. The van der Waals surface area contributed by atoms with Crippen LogP contribution < -0.4 is 0 Å². The van der Waals surface area contributed by atoms with Crippen molar-refractivity contribution in [1.29, 1.82) is 0 Å². The highest BCUT2D eigenvalue weighted by Gasteiger charge is 2.22.